The van der Waals surface area contributed by atoms with E-state index < -0.39 is 12.0 Å². The van der Waals surface area contributed by atoms with Crippen LogP contribution in [0.2, 0.25) is 5.02 Å². The Morgan fingerprint density at radius 2 is 2.16 bits per heavy atom. The first-order valence-corrected chi connectivity index (χ1v) is 6.71. The summed E-state index contributed by atoms with van der Waals surface area (Å²) in [6, 6.07) is 4.90. The minimum Gasteiger partial charge on any atom is -0.492 e. The van der Waals surface area contributed by atoms with Crippen LogP contribution in [0.3, 0.4) is 0 Å². The zero-order valence-electron chi connectivity index (χ0n) is 11.4. The maximum absolute atomic E-state index is 11.1. The third kappa shape index (κ3) is 4.73. The molecular weight excluding hydrogens is 266 g/mol. The van der Waals surface area contributed by atoms with Crippen LogP contribution in [0.5, 0.6) is 5.75 Å². The summed E-state index contributed by atoms with van der Waals surface area (Å²) >= 11 is 6.08. The van der Waals surface area contributed by atoms with E-state index in [-0.39, 0.29) is 5.92 Å². The van der Waals surface area contributed by atoms with Gasteiger partial charge in [0.1, 0.15) is 11.8 Å². The predicted octanol–water partition coefficient (Wildman–Crippen LogP) is 2.94. The monoisotopic (exact) mass is 285 g/mol. The van der Waals surface area contributed by atoms with Crippen LogP contribution < -0.4 is 10.1 Å². The molecule has 1 rings (SSSR count). The van der Waals surface area contributed by atoms with Gasteiger partial charge in [-0.15, -0.1) is 0 Å². The molecule has 0 saturated heterocycles. The van der Waals surface area contributed by atoms with Gasteiger partial charge in [-0.1, -0.05) is 31.5 Å². The number of benzene rings is 1. The number of rotatable bonds is 7. The number of hydrogen-bond donors (Lipinski definition) is 2. The molecular formula is C14H20ClNO3. The minimum absolute atomic E-state index is 0.0238. The lowest BCUT2D eigenvalue weighted by Crippen LogP contribution is -2.40. The fraction of sp³-hybridized carbons (Fsp3) is 0.500. The Hall–Kier alpha value is -1.26. The van der Waals surface area contributed by atoms with Crippen molar-refractivity contribution >= 4 is 17.6 Å². The van der Waals surface area contributed by atoms with Crippen molar-refractivity contribution in [2.75, 3.05) is 6.61 Å². The fourth-order valence-electron chi connectivity index (χ4n) is 1.76. The van der Waals surface area contributed by atoms with E-state index in [1.54, 1.807) is 12.1 Å². The second kappa shape index (κ2) is 7.36. The summed E-state index contributed by atoms with van der Waals surface area (Å²) in [5, 5.41) is 12.6. The molecule has 1 aromatic rings. The van der Waals surface area contributed by atoms with Crippen molar-refractivity contribution in [3.63, 3.8) is 0 Å². The van der Waals surface area contributed by atoms with Gasteiger partial charge in [0.05, 0.1) is 11.6 Å². The highest BCUT2D eigenvalue weighted by molar-refractivity contribution is 6.32. The summed E-state index contributed by atoms with van der Waals surface area (Å²) in [4.78, 5) is 11.1. The van der Waals surface area contributed by atoms with Crippen LogP contribution in [0.15, 0.2) is 18.2 Å². The van der Waals surface area contributed by atoms with E-state index in [0.717, 1.165) is 5.56 Å². The SMILES string of the molecule is CCOc1ccc(CN[C@@H](C(=O)O)C(C)C)cc1Cl. The number of hydrogen-bond acceptors (Lipinski definition) is 3. The van der Waals surface area contributed by atoms with E-state index in [0.29, 0.717) is 23.9 Å². The van der Waals surface area contributed by atoms with Crippen molar-refractivity contribution in [1.82, 2.24) is 5.32 Å². The number of ether oxygens (including phenoxy) is 1. The number of carboxylic acid groups (broad SMARTS) is 1. The van der Waals surface area contributed by atoms with Gasteiger partial charge < -0.3 is 15.2 Å². The van der Waals surface area contributed by atoms with E-state index >= 15 is 0 Å². The number of carbonyl (C=O) groups is 1. The third-order valence-electron chi connectivity index (χ3n) is 2.75. The molecule has 2 N–H and O–H groups in total. The molecule has 0 aliphatic carbocycles. The van der Waals surface area contributed by atoms with Crippen LogP contribution in [0, 0.1) is 5.92 Å². The van der Waals surface area contributed by atoms with E-state index in [4.69, 9.17) is 21.4 Å². The van der Waals surface area contributed by atoms with Crippen molar-refractivity contribution in [3.05, 3.63) is 28.8 Å². The van der Waals surface area contributed by atoms with Gasteiger partial charge in [0.25, 0.3) is 0 Å². The highest BCUT2D eigenvalue weighted by Crippen LogP contribution is 2.25. The zero-order chi connectivity index (χ0) is 14.4. The zero-order valence-corrected chi connectivity index (χ0v) is 12.2. The van der Waals surface area contributed by atoms with Crippen molar-refractivity contribution in [1.29, 1.82) is 0 Å². The largest absolute Gasteiger partial charge is 0.492 e. The molecule has 0 fully saturated rings. The predicted molar refractivity (Wildman–Crippen MR) is 75.7 cm³/mol. The highest BCUT2D eigenvalue weighted by atomic mass is 35.5. The maximum Gasteiger partial charge on any atom is 0.320 e. The molecule has 0 aromatic heterocycles. The molecule has 0 amide bonds. The molecule has 0 saturated carbocycles. The lowest BCUT2D eigenvalue weighted by molar-refractivity contribution is -0.140. The Balaban J connectivity index is 2.67. The second-order valence-electron chi connectivity index (χ2n) is 4.64. The lowest BCUT2D eigenvalue weighted by Gasteiger charge is -2.18. The summed E-state index contributed by atoms with van der Waals surface area (Å²) in [5.74, 6) is -0.172. The molecule has 0 spiro atoms. The molecule has 19 heavy (non-hydrogen) atoms. The maximum atomic E-state index is 11.1. The van der Waals surface area contributed by atoms with E-state index in [1.807, 2.05) is 26.8 Å². The lowest BCUT2D eigenvalue weighted by atomic mass is 10.0. The Bertz CT molecular complexity index is 435. The summed E-state index contributed by atoms with van der Waals surface area (Å²) in [6.45, 7) is 6.66. The molecule has 0 aliphatic heterocycles. The van der Waals surface area contributed by atoms with E-state index in [2.05, 4.69) is 5.32 Å². The Morgan fingerprint density at radius 3 is 2.63 bits per heavy atom. The number of carboxylic acids is 1. The Labute approximate surface area is 118 Å². The second-order valence-corrected chi connectivity index (χ2v) is 5.05. The summed E-state index contributed by atoms with van der Waals surface area (Å²) in [5.41, 5.74) is 0.931. The van der Waals surface area contributed by atoms with Crippen LogP contribution in [0.25, 0.3) is 0 Å². The average molecular weight is 286 g/mol. The molecule has 0 bridgehead atoms. The van der Waals surface area contributed by atoms with Gasteiger partial charge in [0.15, 0.2) is 0 Å². The molecule has 4 nitrogen and oxygen atoms in total. The van der Waals surface area contributed by atoms with Gasteiger partial charge in [-0.2, -0.15) is 0 Å². The first kappa shape index (κ1) is 15.8. The summed E-state index contributed by atoms with van der Waals surface area (Å²) in [7, 11) is 0. The van der Waals surface area contributed by atoms with Gasteiger partial charge in [-0.05, 0) is 30.5 Å². The van der Waals surface area contributed by atoms with Crippen LogP contribution in [0.4, 0.5) is 0 Å². The van der Waals surface area contributed by atoms with E-state index in [1.165, 1.54) is 0 Å². The summed E-state index contributed by atoms with van der Waals surface area (Å²) in [6.07, 6.45) is 0. The molecule has 106 valence electrons. The van der Waals surface area contributed by atoms with Gasteiger partial charge in [0, 0.05) is 6.54 Å². The topological polar surface area (TPSA) is 58.6 Å². The first-order valence-electron chi connectivity index (χ1n) is 6.33. The summed E-state index contributed by atoms with van der Waals surface area (Å²) < 4.78 is 5.35. The molecule has 0 radical (unpaired) electrons. The fourth-order valence-corrected chi connectivity index (χ4v) is 2.02. The number of halogens is 1. The number of aliphatic carboxylic acids is 1. The third-order valence-corrected chi connectivity index (χ3v) is 3.05. The first-order chi connectivity index (χ1) is 8.95. The van der Waals surface area contributed by atoms with Gasteiger partial charge in [-0.25, -0.2) is 0 Å². The van der Waals surface area contributed by atoms with Crippen molar-refractivity contribution < 1.29 is 14.6 Å². The molecule has 0 heterocycles. The van der Waals surface area contributed by atoms with Crippen LogP contribution in [-0.4, -0.2) is 23.7 Å². The minimum atomic E-state index is -0.841. The quantitative estimate of drug-likeness (QED) is 0.809. The van der Waals surface area contributed by atoms with Crippen LogP contribution in [0.1, 0.15) is 26.3 Å². The molecule has 0 unspecified atom stereocenters. The number of nitrogens with one attached hydrogen (secondary N) is 1. The molecule has 5 heteroatoms. The van der Waals surface area contributed by atoms with Gasteiger partial charge in [0.2, 0.25) is 0 Å². The molecule has 0 aliphatic rings. The Morgan fingerprint density at radius 1 is 1.47 bits per heavy atom. The molecule has 1 atom stereocenters. The standard InChI is InChI=1S/C14H20ClNO3/c1-4-19-12-6-5-10(7-11(12)15)8-16-13(9(2)3)14(17)18/h5-7,9,13,16H,4,8H2,1-3H3,(H,17,18)/t13-/m1/s1. The molecule has 1 aromatic carbocycles. The van der Waals surface area contributed by atoms with Crippen molar-refractivity contribution in [2.45, 2.75) is 33.4 Å². The van der Waals surface area contributed by atoms with Crippen LogP contribution in [-0.2, 0) is 11.3 Å². The van der Waals surface area contributed by atoms with E-state index in [9.17, 15) is 4.79 Å². The highest BCUT2D eigenvalue weighted by Gasteiger charge is 2.20. The van der Waals surface area contributed by atoms with Crippen molar-refractivity contribution in [3.8, 4) is 5.75 Å². The normalized spacial score (nSPS) is 12.5. The van der Waals surface area contributed by atoms with Gasteiger partial charge in [-0.3, -0.25) is 4.79 Å². The van der Waals surface area contributed by atoms with Gasteiger partial charge >= 0.3 is 5.97 Å². The van der Waals surface area contributed by atoms with Crippen LogP contribution >= 0.6 is 11.6 Å². The average Bonchev–Trinajstić information content (AvgIpc) is 2.32. The van der Waals surface area contributed by atoms with Crippen molar-refractivity contribution in [2.24, 2.45) is 5.92 Å². The smallest absolute Gasteiger partial charge is 0.320 e. The Kier molecular flexibility index (Phi) is 6.12.